The van der Waals surface area contributed by atoms with Crippen LogP contribution in [0.3, 0.4) is 0 Å². The molecule has 1 aromatic carbocycles. The van der Waals surface area contributed by atoms with E-state index in [4.69, 9.17) is 0 Å². The van der Waals surface area contributed by atoms with E-state index in [1.54, 1.807) is 12.1 Å². The lowest BCUT2D eigenvalue weighted by atomic mass is 9.78. The first-order valence-electron chi connectivity index (χ1n) is 7.79. The van der Waals surface area contributed by atoms with Gasteiger partial charge in [0.2, 0.25) is 5.91 Å². The van der Waals surface area contributed by atoms with E-state index in [0.29, 0.717) is 13.0 Å². The summed E-state index contributed by atoms with van der Waals surface area (Å²) in [7, 11) is 0. The molecule has 4 nitrogen and oxygen atoms in total. The Bertz CT molecular complexity index is 572. The van der Waals surface area contributed by atoms with E-state index < -0.39 is 17.8 Å². The van der Waals surface area contributed by atoms with E-state index in [2.05, 4.69) is 5.32 Å². The molecular formula is C17H19FNO3-. The van der Waals surface area contributed by atoms with Crippen LogP contribution in [0.1, 0.15) is 24.8 Å². The van der Waals surface area contributed by atoms with Gasteiger partial charge in [-0.2, -0.15) is 0 Å². The van der Waals surface area contributed by atoms with Crippen LogP contribution >= 0.6 is 0 Å². The van der Waals surface area contributed by atoms with Crippen molar-refractivity contribution < 1.29 is 19.1 Å². The van der Waals surface area contributed by atoms with Crippen molar-refractivity contribution in [1.29, 1.82) is 0 Å². The molecule has 4 atom stereocenters. The molecule has 2 aliphatic rings. The van der Waals surface area contributed by atoms with Crippen molar-refractivity contribution >= 4 is 11.9 Å². The van der Waals surface area contributed by atoms with Crippen molar-refractivity contribution in [2.24, 2.45) is 23.7 Å². The summed E-state index contributed by atoms with van der Waals surface area (Å²) in [6, 6.07) is 6.14. The van der Waals surface area contributed by atoms with Crippen molar-refractivity contribution in [2.75, 3.05) is 6.54 Å². The molecule has 5 heteroatoms. The highest BCUT2D eigenvalue weighted by molar-refractivity contribution is 5.85. The molecule has 1 N–H and O–H groups in total. The van der Waals surface area contributed by atoms with E-state index >= 15 is 0 Å². The number of carboxylic acids is 1. The van der Waals surface area contributed by atoms with Crippen molar-refractivity contribution in [1.82, 2.24) is 5.32 Å². The molecule has 0 unspecified atom stereocenters. The Kier molecular flexibility index (Phi) is 4.14. The summed E-state index contributed by atoms with van der Waals surface area (Å²) < 4.78 is 12.8. The van der Waals surface area contributed by atoms with Crippen LogP contribution in [0.25, 0.3) is 0 Å². The van der Waals surface area contributed by atoms with Crippen molar-refractivity contribution in [3.8, 4) is 0 Å². The van der Waals surface area contributed by atoms with Gasteiger partial charge in [0.1, 0.15) is 5.82 Å². The van der Waals surface area contributed by atoms with Crippen LogP contribution < -0.4 is 10.4 Å². The predicted octanol–water partition coefficient (Wildman–Crippen LogP) is 0.897. The molecule has 0 saturated heterocycles. The van der Waals surface area contributed by atoms with Crippen molar-refractivity contribution in [3.05, 3.63) is 35.6 Å². The number of hydrogen-bond donors (Lipinski definition) is 1. The van der Waals surface area contributed by atoms with Crippen molar-refractivity contribution in [2.45, 2.75) is 25.7 Å². The molecule has 1 aromatic rings. The fourth-order valence-electron chi connectivity index (χ4n) is 4.11. The van der Waals surface area contributed by atoms with Gasteiger partial charge in [-0.15, -0.1) is 0 Å². The minimum absolute atomic E-state index is 0.0999. The minimum Gasteiger partial charge on any atom is -0.550 e. The summed E-state index contributed by atoms with van der Waals surface area (Å²) in [6.07, 6.45) is 3.25. The third-order valence-corrected chi connectivity index (χ3v) is 5.12. The molecule has 2 bridgehead atoms. The number of fused-ring (bicyclic) bond motifs is 2. The number of carbonyl (C=O) groups is 2. The Morgan fingerprint density at radius 2 is 1.77 bits per heavy atom. The fraction of sp³-hybridized carbons (Fsp3) is 0.529. The van der Waals surface area contributed by atoms with E-state index in [1.807, 2.05) is 0 Å². The molecule has 0 spiro atoms. The van der Waals surface area contributed by atoms with Crippen LogP contribution in [0.2, 0.25) is 0 Å². The highest BCUT2D eigenvalue weighted by atomic mass is 19.1. The third-order valence-electron chi connectivity index (χ3n) is 5.12. The quantitative estimate of drug-likeness (QED) is 0.878. The van der Waals surface area contributed by atoms with E-state index in [-0.39, 0.29) is 23.6 Å². The predicted molar refractivity (Wildman–Crippen MR) is 75.9 cm³/mol. The molecule has 0 aliphatic heterocycles. The average Bonchev–Trinajstić information content (AvgIpc) is 3.09. The molecule has 118 valence electrons. The largest absolute Gasteiger partial charge is 0.550 e. The first-order chi connectivity index (χ1) is 10.6. The van der Waals surface area contributed by atoms with Gasteiger partial charge in [-0.1, -0.05) is 12.1 Å². The maximum absolute atomic E-state index is 12.8. The Morgan fingerprint density at radius 1 is 1.14 bits per heavy atom. The lowest BCUT2D eigenvalue weighted by Crippen LogP contribution is -2.46. The van der Waals surface area contributed by atoms with Gasteiger partial charge in [-0.25, -0.2) is 4.39 Å². The zero-order valence-electron chi connectivity index (χ0n) is 12.3. The van der Waals surface area contributed by atoms with Gasteiger partial charge in [-0.05, 0) is 55.2 Å². The summed E-state index contributed by atoms with van der Waals surface area (Å²) in [5.74, 6) is -2.36. The Balaban J connectivity index is 1.55. The van der Waals surface area contributed by atoms with Gasteiger partial charge in [0.25, 0.3) is 0 Å². The number of carbonyl (C=O) groups excluding carboxylic acids is 2. The SMILES string of the molecule is O=C(NCCc1ccc(F)cc1)[C@@H]1[C@@H]2CC[C@@H](C2)[C@@H]1C(=O)[O-]. The normalized spacial score (nSPS) is 29.5. The smallest absolute Gasteiger partial charge is 0.224 e. The van der Waals surface area contributed by atoms with Crippen LogP contribution in [0.4, 0.5) is 4.39 Å². The molecule has 22 heavy (non-hydrogen) atoms. The molecule has 0 aromatic heterocycles. The number of carboxylic acid groups (broad SMARTS) is 1. The number of halogens is 1. The first-order valence-corrected chi connectivity index (χ1v) is 7.79. The molecule has 1 amide bonds. The maximum Gasteiger partial charge on any atom is 0.224 e. The van der Waals surface area contributed by atoms with Gasteiger partial charge in [0.05, 0.1) is 0 Å². The van der Waals surface area contributed by atoms with E-state index in [9.17, 15) is 19.1 Å². The van der Waals surface area contributed by atoms with E-state index in [1.165, 1.54) is 12.1 Å². The lowest BCUT2D eigenvalue weighted by Gasteiger charge is -2.30. The summed E-state index contributed by atoms with van der Waals surface area (Å²) >= 11 is 0. The summed E-state index contributed by atoms with van der Waals surface area (Å²) in [5.41, 5.74) is 0.936. The Labute approximate surface area is 128 Å². The molecule has 3 rings (SSSR count). The summed E-state index contributed by atoms with van der Waals surface area (Å²) in [6.45, 7) is 0.429. The zero-order valence-corrected chi connectivity index (χ0v) is 12.3. The van der Waals surface area contributed by atoms with Gasteiger partial charge < -0.3 is 15.2 Å². The van der Waals surface area contributed by atoms with Gasteiger partial charge in [0, 0.05) is 24.3 Å². The van der Waals surface area contributed by atoms with Crippen LogP contribution in [-0.2, 0) is 16.0 Å². The highest BCUT2D eigenvalue weighted by Gasteiger charge is 2.51. The van der Waals surface area contributed by atoms with Crippen molar-refractivity contribution in [3.63, 3.8) is 0 Å². The minimum atomic E-state index is -1.09. The monoisotopic (exact) mass is 304 g/mol. The number of hydrogen-bond acceptors (Lipinski definition) is 3. The maximum atomic E-state index is 12.8. The van der Waals surface area contributed by atoms with Gasteiger partial charge >= 0.3 is 0 Å². The second-order valence-corrected chi connectivity index (χ2v) is 6.37. The molecule has 2 aliphatic carbocycles. The van der Waals surface area contributed by atoms with Crippen LogP contribution in [-0.4, -0.2) is 18.4 Å². The summed E-state index contributed by atoms with van der Waals surface area (Å²) in [5, 5.41) is 14.1. The molecule has 2 fully saturated rings. The molecule has 0 radical (unpaired) electrons. The number of amides is 1. The van der Waals surface area contributed by atoms with Crippen LogP contribution in [0.15, 0.2) is 24.3 Å². The number of rotatable bonds is 5. The van der Waals surface area contributed by atoms with Gasteiger partial charge in [0.15, 0.2) is 0 Å². The first kappa shape index (κ1) is 15.0. The molecular weight excluding hydrogens is 285 g/mol. The van der Waals surface area contributed by atoms with Crippen LogP contribution in [0.5, 0.6) is 0 Å². The second kappa shape index (κ2) is 6.07. The second-order valence-electron chi connectivity index (χ2n) is 6.37. The Hall–Kier alpha value is -1.91. The number of nitrogens with one attached hydrogen (secondary N) is 1. The average molecular weight is 304 g/mol. The molecule has 2 saturated carbocycles. The summed E-state index contributed by atoms with van der Waals surface area (Å²) in [4.78, 5) is 23.6. The number of benzene rings is 1. The lowest BCUT2D eigenvalue weighted by molar-refractivity contribution is -0.314. The van der Waals surface area contributed by atoms with E-state index in [0.717, 1.165) is 24.8 Å². The molecule has 0 heterocycles. The van der Waals surface area contributed by atoms with Crippen LogP contribution in [0, 0.1) is 29.5 Å². The van der Waals surface area contributed by atoms with Gasteiger partial charge in [-0.3, -0.25) is 4.79 Å². The third kappa shape index (κ3) is 2.85. The topological polar surface area (TPSA) is 69.2 Å². The zero-order chi connectivity index (χ0) is 15.7. The fourth-order valence-corrected chi connectivity index (χ4v) is 4.11. The standard InChI is InChI=1S/C17H20FNO3/c18-13-5-1-10(2-6-13)7-8-19-16(20)14-11-3-4-12(9-11)15(14)17(21)22/h1-2,5-6,11-12,14-15H,3-4,7-9H2,(H,19,20)(H,21,22)/p-1/t11-,12+,14-,15+/m1/s1. The Morgan fingerprint density at radius 3 is 2.41 bits per heavy atom. The number of aliphatic carboxylic acids is 1. The highest BCUT2D eigenvalue weighted by Crippen LogP contribution is 2.52.